The highest BCUT2D eigenvalue weighted by molar-refractivity contribution is 6.35. The standard InChI is InChI=1S/C49H48Cl2FN7O7/c1-29-44(51)31(3)65-37(25-58-20-18-57(4)19-21-58)27-63-36-14-15-41(64-26-35-16-17-53-47(56-35)38-8-6-7-9-42(38)62-5)33(22-36)23-43(49(60)61)66-48-46-39(54-28-55-48)24-40(59(46)45(29)30(2)50)32-10-12-34(52)13-11-32/h6-17,22,24,28,37,43H,3,18-21,23,25-27H2,1-2,4-5H3,(H,60,61)/b44-29+,45-30+/t37-,43-/m1/s1. The van der Waals surface area contributed by atoms with E-state index in [9.17, 15) is 14.3 Å². The van der Waals surface area contributed by atoms with Crippen LogP contribution >= 0.6 is 23.2 Å². The summed E-state index contributed by atoms with van der Waals surface area (Å²) in [5.74, 6) is 0.295. The van der Waals surface area contributed by atoms with Crippen LogP contribution in [0.5, 0.6) is 23.1 Å². The number of halogens is 3. The minimum atomic E-state index is -1.51. The van der Waals surface area contributed by atoms with Crippen molar-refractivity contribution in [2.75, 3.05) is 53.5 Å². The molecule has 3 aromatic heterocycles. The predicted octanol–water partition coefficient (Wildman–Crippen LogP) is 8.84. The van der Waals surface area contributed by atoms with Gasteiger partial charge in [0.15, 0.2) is 5.82 Å². The zero-order chi connectivity index (χ0) is 46.5. The number of hydrogen-bond donors (Lipinski definition) is 1. The van der Waals surface area contributed by atoms with Gasteiger partial charge in [-0.1, -0.05) is 41.9 Å². The number of benzene rings is 3. The van der Waals surface area contributed by atoms with Gasteiger partial charge in [0.2, 0.25) is 12.0 Å². The Labute approximate surface area is 391 Å². The first-order valence-corrected chi connectivity index (χ1v) is 22.0. The zero-order valence-electron chi connectivity index (χ0n) is 36.8. The molecule has 1 saturated heterocycles. The highest BCUT2D eigenvalue weighted by Crippen LogP contribution is 2.41. The summed E-state index contributed by atoms with van der Waals surface area (Å²) >= 11 is 14.2. The maximum atomic E-state index is 14.3. The first-order valence-electron chi connectivity index (χ1n) is 21.2. The third kappa shape index (κ3) is 10.3. The average molecular weight is 937 g/mol. The molecule has 66 heavy (non-hydrogen) atoms. The number of fused-ring (bicyclic) bond motifs is 2. The highest BCUT2D eigenvalue weighted by atomic mass is 35.5. The van der Waals surface area contributed by atoms with E-state index in [1.807, 2.05) is 24.3 Å². The van der Waals surface area contributed by atoms with Crippen molar-refractivity contribution in [1.29, 1.82) is 0 Å². The number of nitrogens with zero attached hydrogens (tertiary/aromatic N) is 7. The fourth-order valence-corrected chi connectivity index (χ4v) is 8.34. The number of allylic oxidation sites excluding steroid dienone is 4. The molecule has 3 aromatic carbocycles. The van der Waals surface area contributed by atoms with Crippen molar-refractivity contribution in [3.63, 3.8) is 0 Å². The Bertz CT molecular complexity index is 2820. The van der Waals surface area contributed by atoms with E-state index < -0.39 is 24.0 Å². The van der Waals surface area contributed by atoms with Crippen molar-refractivity contribution < 1.29 is 38.0 Å². The largest absolute Gasteiger partial charge is 0.496 e. The van der Waals surface area contributed by atoms with E-state index in [4.69, 9.17) is 51.9 Å². The molecule has 2 aliphatic heterocycles. The molecule has 0 aliphatic carbocycles. The van der Waals surface area contributed by atoms with Gasteiger partial charge in [-0.15, -0.1) is 0 Å². The minimum absolute atomic E-state index is 0.0196. The smallest absolute Gasteiger partial charge is 0.345 e. The topological polar surface area (TPSA) is 146 Å². The van der Waals surface area contributed by atoms with Gasteiger partial charge >= 0.3 is 5.97 Å². The molecule has 0 saturated carbocycles. The second kappa shape index (κ2) is 20.3. The SMILES string of the molecule is C=C1O[C@H](CN2CCN(C)CC2)COc2ccc(OCc3ccnc(-c4ccccc4OC)n3)c(c2)C[C@H](C(=O)O)Oc2ncnc3cc(-c4ccc(F)cc4)n(c23)C(=C(\C)Cl)/C(C)=C\1Cl. The molecule has 342 valence electrons. The summed E-state index contributed by atoms with van der Waals surface area (Å²) in [6.45, 7) is 11.8. The number of para-hydroxylation sites is 1. The van der Waals surface area contributed by atoms with Crippen molar-refractivity contribution in [3.05, 3.63) is 136 Å². The van der Waals surface area contributed by atoms with Crippen LogP contribution in [0.15, 0.2) is 119 Å². The fourth-order valence-electron chi connectivity index (χ4n) is 7.98. The molecule has 0 unspecified atom stereocenters. The number of aromatic nitrogens is 5. The van der Waals surface area contributed by atoms with Crippen LogP contribution in [0, 0.1) is 5.82 Å². The van der Waals surface area contributed by atoms with Crippen LogP contribution in [0.2, 0.25) is 0 Å². The molecule has 0 radical (unpaired) electrons. The van der Waals surface area contributed by atoms with Crippen molar-refractivity contribution in [2.24, 2.45) is 0 Å². The zero-order valence-corrected chi connectivity index (χ0v) is 38.4. The monoisotopic (exact) mass is 935 g/mol. The van der Waals surface area contributed by atoms with Crippen LogP contribution in [0.4, 0.5) is 4.39 Å². The van der Waals surface area contributed by atoms with Crippen LogP contribution in [0.3, 0.4) is 0 Å². The lowest BCUT2D eigenvalue weighted by Gasteiger charge is -2.34. The molecule has 14 nitrogen and oxygen atoms in total. The molecule has 1 fully saturated rings. The van der Waals surface area contributed by atoms with E-state index >= 15 is 0 Å². The Morgan fingerprint density at radius 3 is 2.50 bits per heavy atom. The maximum absolute atomic E-state index is 14.3. The van der Waals surface area contributed by atoms with Crippen molar-refractivity contribution in [2.45, 2.75) is 39.1 Å². The van der Waals surface area contributed by atoms with E-state index in [0.717, 1.165) is 26.2 Å². The number of carboxylic acid groups (broad SMARTS) is 1. The number of methoxy groups -OCH3 is 1. The van der Waals surface area contributed by atoms with Crippen LogP contribution in [0.1, 0.15) is 25.1 Å². The average Bonchev–Trinajstić information content (AvgIpc) is 3.70. The summed E-state index contributed by atoms with van der Waals surface area (Å²) in [6.07, 6.45) is 0.680. The van der Waals surface area contributed by atoms with E-state index in [-0.39, 0.29) is 41.8 Å². The quantitative estimate of drug-likeness (QED) is 0.147. The molecule has 0 spiro atoms. The summed E-state index contributed by atoms with van der Waals surface area (Å²) in [5, 5.41) is 11.3. The lowest BCUT2D eigenvalue weighted by molar-refractivity contribution is -0.145. The van der Waals surface area contributed by atoms with E-state index in [1.54, 1.807) is 74.2 Å². The predicted molar refractivity (Wildman–Crippen MR) is 250 cm³/mol. The Morgan fingerprint density at radius 1 is 0.985 bits per heavy atom. The number of carboxylic acids is 1. The number of hydrogen-bond acceptors (Lipinski definition) is 12. The molecule has 8 rings (SSSR count). The molecular formula is C49H48Cl2FN7O7. The molecule has 6 aromatic rings. The Morgan fingerprint density at radius 2 is 1.76 bits per heavy atom. The van der Waals surface area contributed by atoms with Gasteiger partial charge in [0, 0.05) is 55.9 Å². The molecule has 2 atom stereocenters. The normalized spacial score (nSPS) is 19.6. The van der Waals surface area contributed by atoms with E-state index in [2.05, 4.69) is 38.4 Å². The van der Waals surface area contributed by atoms with Gasteiger partial charge in [-0.25, -0.2) is 24.1 Å². The maximum Gasteiger partial charge on any atom is 0.345 e. The van der Waals surface area contributed by atoms with E-state index in [1.165, 1.54) is 18.5 Å². The number of carbonyl (C=O) groups is 1. The third-order valence-electron chi connectivity index (χ3n) is 11.4. The van der Waals surface area contributed by atoms with Crippen LogP contribution < -0.4 is 18.9 Å². The molecule has 2 aliphatic rings. The fraction of sp³-hybridized carbons (Fsp3) is 0.286. The first kappa shape index (κ1) is 46.0. The van der Waals surface area contributed by atoms with E-state index in [0.29, 0.717) is 79.5 Å². The first-order chi connectivity index (χ1) is 31.9. The number of ether oxygens (including phenoxy) is 5. The van der Waals surface area contributed by atoms with Gasteiger partial charge in [0.1, 0.15) is 60.0 Å². The van der Waals surface area contributed by atoms with Crippen molar-refractivity contribution in [1.82, 2.24) is 34.3 Å². The molecule has 0 amide bonds. The highest BCUT2D eigenvalue weighted by Gasteiger charge is 2.30. The summed E-state index contributed by atoms with van der Waals surface area (Å²) < 4.78 is 47.5. The van der Waals surface area contributed by atoms with Gasteiger partial charge in [-0.2, -0.15) is 4.98 Å². The number of piperazine rings is 1. The van der Waals surface area contributed by atoms with Gasteiger partial charge in [0.05, 0.1) is 40.3 Å². The molecular weight excluding hydrogens is 888 g/mol. The van der Waals surface area contributed by atoms with Gasteiger partial charge in [-0.05, 0) is 98.8 Å². The van der Waals surface area contributed by atoms with Gasteiger partial charge < -0.3 is 38.3 Å². The number of rotatable bonds is 9. The van der Waals surface area contributed by atoms with Crippen LogP contribution in [-0.2, 0) is 22.6 Å². The lowest BCUT2D eigenvalue weighted by atomic mass is 10.1. The second-order valence-electron chi connectivity index (χ2n) is 16.0. The summed E-state index contributed by atoms with van der Waals surface area (Å²) in [6, 6.07) is 22.1. The molecule has 17 heteroatoms. The molecule has 2 bridgehead atoms. The summed E-state index contributed by atoms with van der Waals surface area (Å²) in [7, 11) is 3.68. The Balaban J connectivity index is 1.24. The van der Waals surface area contributed by atoms with Crippen molar-refractivity contribution >= 4 is 45.9 Å². The number of likely N-dealkylation sites (N-methyl/N-ethyl adjacent to an activating group) is 1. The molecule has 1 N–H and O–H groups in total. The minimum Gasteiger partial charge on any atom is -0.496 e. The molecule has 5 heterocycles. The summed E-state index contributed by atoms with van der Waals surface area (Å²) in [4.78, 5) is 36.1. The van der Waals surface area contributed by atoms with Gasteiger partial charge in [0.25, 0.3) is 0 Å². The van der Waals surface area contributed by atoms with Gasteiger partial charge in [-0.3, -0.25) is 4.90 Å². The lowest BCUT2D eigenvalue weighted by Crippen LogP contribution is -2.48. The van der Waals surface area contributed by atoms with Crippen LogP contribution in [0.25, 0.3) is 39.4 Å². The Hall–Kier alpha value is -6.52. The van der Waals surface area contributed by atoms with Crippen molar-refractivity contribution in [3.8, 4) is 45.8 Å². The second-order valence-corrected chi connectivity index (χ2v) is 16.9. The Kier molecular flexibility index (Phi) is 14.2. The number of aliphatic carboxylic acids is 1. The third-order valence-corrected chi connectivity index (χ3v) is 12.1. The summed E-state index contributed by atoms with van der Waals surface area (Å²) in [5.41, 5.74) is 4.40. The van der Waals surface area contributed by atoms with Crippen LogP contribution in [-0.4, -0.2) is 111 Å².